The third kappa shape index (κ3) is 4.54. The minimum Gasteiger partial charge on any atom is -0.378 e. The summed E-state index contributed by atoms with van der Waals surface area (Å²) in [5.74, 6) is -0.616. The molecule has 0 radical (unpaired) electrons. The van der Waals surface area contributed by atoms with Gasteiger partial charge >= 0.3 is 0 Å². The average Bonchev–Trinajstić information content (AvgIpc) is 3.03. The fourth-order valence-electron chi connectivity index (χ4n) is 4.00. The molecular formula is C22H27N3O4S. The van der Waals surface area contributed by atoms with Gasteiger partial charge in [0, 0.05) is 31.9 Å². The van der Waals surface area contributed by atoms with Crippen LogP contribution in [0.3, 0.4) is 0 Å². The normalized spacial score (nSPS) is 21.6. The zero-order chi connectivity index (χ0) is 21.1. The van der Waals surface area contributed by atoms with E-state index in [2.05, 4.69) is 17.0 Å². The summed E-state index contributed by atoms with van der Waals surface area (Å²) in [7, 11) is 0. The Bertz CT molecular complexity index is 873. The number of carbonyl (C=O) groups excluding carboxylic acids is 3. The Morgan fingerprint density at radius 1 is 1.10 bits per heavy atom. The van der Waals surface area contributed by atoms with Gasteiger partial charge < -0.3 is 14.5 Å². The minimum absolute atomic E-state index is 0.213. The van der Waals surface area contributed by atoms with E-state index in [1.54, 1.807) is 11.0 Å². The summed E-state index contributed by atoms with van der Waals surface area (Å²) in [6, 6.07) is 6.23. The lowest BCUT2D eigenvalue weighted by Crippen LogP contribution is -2.46. The molecule has 1 aromatic rings. The molecule has 30 heavy (non-hydrogen) atoms. The van der Waals surface area contributed by atoms with Crippen molar-refractivity contribution in [3.8, 4) is 0 Å². The molecule has 160 valence electrons. The Balaban J connectivity index is 1.45. The van der Waals surface area contributed by atoms with Crippen molar-refractivity contribution in [2.45, 2.75) is 26.2 Å². The first-order valence-corrected chi connectivity index (χ1v) is 11.3. The molecule has 0 unspecified atom stereocenters. The topological polar surface area (TPSA) is 70.2 Å². The van der Waals surface area contributed by atoms with Crippen LogP contribution < -0.4 is 4.90 Å². The first-order chi connectivity index (χ1) is 14.5. The summed E-state index contributed by atoms with van der Waals surface area (Å²) in [6.45, 7) is 5.92. The van der Waals surface area contributed by atoms with Gasteiger partial charge in [-0.15, -0.1) is 0 Å². The lowest BCUT2D eigenvalue weighted by Gasteiger charge is -2.29. The molecule has 3 amide bonds. The van der Waals surface area contributed by atoms with E-state index in [9.17, 15) is 14.4 Å². The molecule has 0 saturated carbocycles. The largest absolute Gasteiger partial charge is 0.378 e. The van der Waals surface area contributed by atoms with Crippen molar-refractivity contribution < 1.29 is 19.1 Å². The second kappa shape index (κ2) is 9.22. The van der Waals surface area contributed by atoms with Crippen LogP contribution in [-0.4, -0.2) is 72.8 Å². The van der Waals surface area contributed by atoms with Crippen molar-refractivity contribution in [2.75, 3.05) is 50.8 Å². The van der Waals surface area contributed by atoms with Crippen LogP contribution in [0.15, 0.2) is 23.1 Å². The lowest BCUT2D eigenvalue weighted by atomic mass is 10.0. The van der Waals surface area contributed by atoms with Crippen molar-refractivity contribution in [3.63, 3.8) is 0 Å². The first-order valence-electron chi connectivity index (χ1n) is 10.5. The van der Waals surface area contributed by atoms with Crippen LogP contribution >= 0.6 is 11.8 Å². The van der Waals surface area contributed by atoms with E-state index >= 15 is 0 Å². The van der Waals surface area contributed by atoms with Gasteiger partial charge in [0.25, 0.3) is 11.1 Å². The molecular weight excluding hydrogens is 402 g/mol. The quantitative estimate of drug-likeness (QED) is 0.686. The minimum atomic E-state index is -0.397. The van der Waals surface area contributed by atoms with Gasteiger partial charge in [-0.1, -0.05) is 6.07 Å². The number of piperidine rings is 1. The van der Waals surface area contributed by atoms with Crippen LogP contribution in [0, 0.1) is 6.92 Å². The SMILES string of the molecule is Cc1cc(N2CCCCC2)ccc1/C=C1/SC(=O)N(CC(=O)N2CCOCC2)C1=O. The molecule has 4 rings (SSSR count). The van der Waals surface area contributed by atoms with E-state index in [4.69, 9.17) is 4.74 Å². The fraction of sp³-hybridized carbons (Fsp3) is 0.500. The summed E-state index contributed by atoms with van der Waals surface area (Å²) in [5.41, 5.74) is 3.18. The van der Waals surface area contributed by atoms with Crippen molar-refractivity contribution in [2.24, 2.45) is 0 Å². The third-order valence-electron chi connectivity index (χ3n) is 5.79. The van der Waals surface area contributed by atoms with E-state index in [1.807, 2.05) is 13.0 Å². The molecule has 1 aromatic carbocycles. The first kappa shape index (κ1) is 20.9. The van der Waals surface area contributed by atoms with Gasteiger partial charge in [-0.05, 0) is 67.3 Å². The Hall–Kier alpha value is -2.32. The summed E-state index contributed by atoms with van der Waals surface area (Å²) in [5, 5.41) is -0.393. The van der Waals surface area contributed by atoms with Crippen molar-refractivity contribution in [3.05, 3.63) is 34.2 Å². The second-order valence-electron chi connectivity index (χ2n) is 7.85. The van der Waals surface area contributed by atoms with Crippen LogP contribution in [-0.2, 0) is 14.3 Å². The number of anilines is 1. The van der Waals surface area contributed by atoms with Gasteiger partial charge in [0.05, 0.1) is 18.1 Å². The van der Waals surface area contributed by atoms with Crippen LogP contribution in [0.4, 0.5) is 10.5 Å². The molecule has 0 bridgehead atoms. The van der Waals surface area contributed by atoms with Gasteiger partial charge in [0.15, 0.2) is 0 Å². The Kier molecular flexibility index (Phi) is 6.43. The predicted molar refractivity (Wildman–Crippen MR) is 117 cm³/mol. The molecule has 8 heteroatoms. The van der Waals surface area contributed by atoms with Crippen LogP contribution in [0.5, 0.6) is 0 Å². The molecule has 3 saturated heterocycles. The Morgan fingerprint density at radius 2 is 1.83 bits per heavy atom. The van der Waals surface area contributed by atoms with Gasteiger partial charge in [0.2, 0.25) is 5.91 Å². The number of aryl methyl sites for hydroxylation is 1. The summed E-state index contributed by atoms with van der Waals surface area (Å²) < 4.78 is 5.25. The second-order valence-corrected chi connectivity index (χ2v) is 8.84. The summed E-state index contributed by atoms with van der Waals surface area (Å²) in [4.78, 5) is 43.0. The van der Waals surface area contributed by atoms with E-state index in [1.165, 1.54) is 24.9 Å². The molecule has 3 aliphatic heterocycles. The Labute approximate surface area is 181 Å². The number of hydrogen-bond acceptors (Lipinski definition) is 6. The highest BCUT2D eigenvalue weighted by atomic mass is 32.2. The van der Waals surface area contributed by atoms with Gasteiger partial charge in [-0.25, -0.2) is 0 Å². The average molecular weight is 430 g/mol. The molecule has 0 spiro atoms. The molecule has 7 nitrogen and oxygen atoms in total. The van der Waals surface area contributed by atoms with E-state index in [0.717, 1.165) is 40.9 Å². The monoisotopic (exact) mass is 429 g/mol. The number of thioether (sulfide) groups is 1. The fourth-order valence-corrected chi connectivity index (χ4v) is 4.83. The Morgan fingerprint density at radius 3 is 2.53 bits per heavy atom. The van der Waals surface area contributed by atoms with Crippen LogP contribution in [0.1, 0.15) is 30.4 Å². The van der Waals surface area contributed by atoms with E-state index in [0.29, 0.717) is 31.2 Å². The molecule has 0 atom stereocenters. The van der Waals surface area contributed by atoms with Gasteiger partial charge in [-0.2, -0.15) is 0 Å². The molecule has 0 aromatic heterocycles. The number of morpholine rings is 1. The maximum Gasteiger partial charge on any atom is 0.294 e. The number of amides is 3. The van der Waals surface area contributed by atoms with E-state index in [-0.39, 0.29) is 12.5 Å². The highest BCUT2D eigenvalue weighted by Gasteiger charge is 2.37. The van der Waals surface area contributed by atoms with Crippen molar-refractivity contribution in [1.29, 1.82) is 0 Å². The summed E-state index contributed by atoms with van der Waals surface area (Å²) >= 11 is 0.899. The van der Waals surface area contributed by atoms with E-state index < -0.39 is 11.1 Å². The maximum atomic E-state index is 12.8. The summed E-state index contributed by atoms with van der Waals surface area (Å²) in [6.07, 6.45) is 5.49. The molecule has 0 N–H and O–H groups in total. The third-order valence-corrected chi connectivity index (χ3v) is 6.70. The molecule has 3 aliphatic rings. The number of nitrogens with zero attached hydrogens (tertiary/aromatic N) is 3. The number of ether oxygens (including phenoxy) is 1. The molecule has 3 heterocycles. The predicted octanol–water partition coefficient (Wildman–Crippen LogP) is 2.88. The van der Waals surface area contributed by atoms with Crippen LogP contribution in [0.2, 0.25) is 0 Å². The number of hydrogen-bond donors (Lipinski definition) is 0. The highest BCUT2D eigenvalue weighted by Crippen LogP contribution is 2.33. The number of imide groups is 1. The highest BCUT2D eigenvalue weighted by molar-refractivity contribution is 8.18. The van der Waals surface area contributed by atoms with Crippen molar-refractivity contribution in [1.82, 2.24) is 9.80 Å². The number of rotatable bonds is 4. The maximum absolute atomic E-state index is 12.8. The zero-order valence-corrected chi connectivity index (χ0v) is 18.1. The molecule has 3 fully saturated rings. The number of carbonyl (C=O) groups is 3. The van der Waals surface area contributed by atoms with Gasteiger partial charge in [-0.3, -0.25) is 19.3 Å². The smallest absolute Gasteiger partial charge is 0.294 e. The van der Waals surface area contributed by atoms with Gasteiger partial charge in [0.1, 0.15) is 6.54 Å². The standard InChI is InChI=1S/C22H27N3O4S/c1-16-13-18(23-7-3-2-4-8-23)6-5-17(16)14-19-21(27)25(22(28)30-19)15-20(26)24-9-11-29-12-10-24/h5-6,13-14H,2-4,7-12,15H2,1H3/b19-14+. The molecule has 0 aliphatic carbocycles. The van der Waals surface area contributed by atoms with Crippen molar-refractivity contribution >= 4 is 40.6 Å². The zero-order valence-electron chi connectivity index (χ0n) is 17.3. The lowest BCUT2D eigenvalue weighted by molar-refractivity contribution is -0.139. The van der Waals surface area contributed by atoms with Crippen LogP contribution in [0.25, 0.3) is 6.08 Å². The number of benzene rings is 1.